The summed E-state index contributed by atoms with van der Waals surface area (Å²) in [7, 11) is 0. The molecule has 6 nitrogen and oxygen atoms in total. The molecule has 0 atom stereocenters. The lowest BCUT2D eigenvalue weighted by molar-refractivity contribution is -0.242. The number of halogens is 3. The normalized spacial score (nSPS) is 12.6. The maximum atomic E-state index is 12.8. The first-order valence-electron chi connectivity index (χ1n) is 8.03. The van der Waals surface area contributed by atoms with Crippen LogP contribution in [0.1, 0.15) is 33.3 Å². The van der Waals surface area contributed by atoms with Gasteiger partial charge in [-0.2, -0.15) is 13.2 Å². The van der Waals surface area contributed by atoms with E-state index >= 15 is 0 Å². The molecule has 1 aromatic heterocycles. The molecule has 2 rings (SSSR count). The average molecular weight is 383 g/mol. The van der Waals surface area contributed by atoms with Gasteiger partial charge in [-0.1, -0.05) is 24.3 Å². The molecule has 0 radical (unpaired) electrons. The van der Waals surface area contributed by atoms with Crippen LogP contribution in [0.5, 0.6) is 0 Å². The van der Waals surface area contributed by atoms with Crippen LogP contribution in [-0.2, 0) is 10.3 Å². The van der Waals surface area contributed by atoms with E-state index in [9.17, 15) is 23.1 Å². The summed E-state index contributed by atoms with van der Waals surface area (Å²) in [6.07, 6.45) is -4.63. The minimum atomic E-state index is -4.70. The number of aliphatic hydroxyl groups is 1. The highest BCUT2D eigenvalue weighted by Crippen LogP contribution is 2.33. The van der Waals surface area contributed by atoms with Gasteiger partial charge in [0.05, 0.1) is 5.60 Å². The maximum Gasteiger partial charge on any atom is 0.427 e. The molecular formula is C18H20F3N3O3. The van der Waals surface area contributed by atoms with E-state index in [4.69, 9.17) is 0 Å². The maximum absolute atomic E-state index is 12.8. The number of alkyl halides is 3. The Morgan fingerprint density at radius 1 is 1.07 bits per heavy atom. The summed E-state index contributed by atoms with van der Waals surface area (Å²) in [6.45, 7) is 4.80. The van der Waals surface area contributed by atoms with Gasteiger partial charge in [-0.15, -0.1) is 0 Å². The molecule has 0 saturated carbocycles. The first-order chi connectivity index (χ1) is 12.3. The predicted octanol–water partition coefficient (Wildman–Crippen LogP) is 4.26. The molecule has 0 aliphatic rings. The second-order valence-corrected chi connectivity index (χ2v) is 6.92. The van der Waals surface area contributed by atoms with E-state index in [-0.39, 0.29) is 11.6 Å². The first kappa shape index (κ1) is 20.6. The summed E-state index contributed by atoms with van der Waals surface area (Å²) in [6, 6.07) is 8.13. The number of carbonyl (C=O) groups is 1. The SMILES string of the molecule is CC(C)(O)c1ccc(-c2nccc(NC(=O)OC(C)(C)C(F)(F)F)n2)cc1. The number of nitrogens with zero attached hydrogens (tertiary/aromatic N) is 2. The van der Waals surface area contributed by atoms with Gasteiger partial charge in [0.25, 0.3) is 0 Å². The molecule has 9 heteroatoms. The third-order valence-electron chi connectivity index (χ3n) is 3.77. The molecule has 27 heavy (non-hydrogen) atoms. The van der Waals surface area contributed by atoms with Crippen molar-refractivity contribution in [3.8, 4) is 11.4 Å². The molecule has 0 bridgehead atoms. The van der Waals surface area contributed by atoms with Crippen LogP contribution in [0.4, 0.5) is 23.8 Å². The highest BCUT2D eigenvalue weighted by molar-refractivity contribution is 5.83. The second kappa shape index (κ2) is 7.15. The van der Waals surface area contributed by atoms with Crippen LogP contribution in [0.15, 0.2) is 36.5 Å². The van der Waals surface area contributed by atoms with Gasteiger partial charge in [-0.25, -0.2) is 14.8 Å². The standard InChI is InChI=1S/C18H20F3N3O3/c1-16(2,26)12-7-5-11(6-8-12)14-22-10-9-13(23-14)24-15(25)27-17(3,4)18(19,20)21/h5-10,26H,1-4H3,(H,22,23,24,25). The van der Waals surface area contributed by atoms with Crippen LogP contribution >= 0.6 is 0 Å². The Morgan fingerprint density at radius 3 is 2.19 bits per heavy atom. The Kier molecular flexibility index (Phi) is 5.46. The fourth-order valence-electron chi connectivity index (χ4n) is 2.01. The van der Waals surface area contributed by atoms with Crippen molar-refractivity contribution in [3.05, 3.63) is 42.1 Å². The summed E-state index contributed by atoms with van der Waals surface area (Å²) in [5.74, 6) is 0.250. The molecular weight excluding hydrogens is 363 g/mol. The molecule has 0 saturated heterocycles. The molecule has 146 valence electrons. The van der Waals surface area contributed by atoms with Gasteiger partial charge in [-0.05, 0) is 39.3 Å². The van der Waals surface area contributed by atoms with Crippen molar-refractivity contribution in [2.45, 2.75) is 45.1 Å². The summed E-state index contributed by atoms with van der Waals surface area (Å²) in [5.41, 5.74) is -2.34. The number of amides is 1. The molecule has 0 fully saturated rings. The molecule has 0 spiro atoms. The third kappa shape index (κ3) is 5.16. The Morgan fingerprint density at radius 2 is 1.67 bits per heavy atom. The highest BCUT2D eigenvalue weighted by Gasteiger charge is 2.51. The van der Waals surface area contributed by atoms with Gasteiger partial charge < -0.3 is 9.84 Å². The van der Waals surface area contributed by atoms with Crippen LogP contribution in [0.3, 0.4) is 0 Å². The number of carbonyl (C=O) groups excluding carboxylic acids is 1. The number of ether oxygens (including phenoxy) is 1. The number of hydrogen-bond acceptors (Lipinski definition) is 5. The Labute approximate surface area is 154 Å². The van der Waals surface area contributed by atoms with Gasteiger partial charge in [0.15, 0.2) is 5.82 Å². The van der Waals surface area contributed by atoms with E-state index in [2.05, 4.69) is 20.0 Å². The predicted molar refractivity (Wildman–Crippen MR) is 93.0 cm³/mol. The van der Waals surface area contributed by atoms with E-state index in [0.717, 1.165) is 13.8 Å². The summed E-state index contributed by atoms with van der Waals surface area (Å²) < 4.78 is 42.8. The van der Waals surface area contributed by atoms with Gasteiger partial charge >= 0.3 is 12.3 Å². The molecule has 0 unspecified atom stereocenters. The van der Waals surface area contributed by atoms with E-state index < -0.39 is 23.5 Å². The van der Waals surface area contributed by atoms with Gasteiger partial charge in [0, 0.05) is 11.8 Å². The van der Waals surface area contributed by atoms with Crippen molar-refractivity contribution in [3.63, 3.8) is 0 Å². The van der Waals surface area contributed by atoms with Gasteiger partial charge in [0.2, 0.25) is 5.60 Å². The fourth-order valence-corrected chi connectivity index (χ4v) is 2.01. The van der Waals surface area contributed by atoms with Gasteiger partial charge in [0.1, 0.15) is 5.82 Å². The van der Waals surface area contributed by atoms with Gasteiger partial charge in [-0.3, -0.25) is 5.32 Å². The zero-order chi connectivity index (χ0) is 20.5. The Balaban J connectivity index is 2.15. The zero-order valence-corrected chi connectivity index (χ0v) is 15.3. The monoisotopic (exact) mass is 383 g/mol. The lowest BCUT2D eigenvalue weighted by Gasteiger charge is -2.27. The lowest BCUT2D eigenvalue weighted by Crippen LogP contribution is -2.44. The molecule has 0 aliphatic carbocycles. The Bertz CT molecular complexity index is 813. The van der Waals surface area contributed by atoms with Crippen LogP contribution in [0.2, 0.25) is 0 Å². The number of rotatable bonds is 4. The molecule has 0 aliphatic heterocycles. The van der Waals surface area contributed by atoms with Crippen molar-refractivity contribution < 1.29 is 27.8 Å². The summed E-state index contributed by atoms with van der Waals surface area (Å²) in [4.78, 5) is 19.9. The van der Waals surface area contributed by atoms with Crippen molar-refractivity contribution >= 4 is 11.9 Å². The molecule has 2 N–H and O–H groups in total. The molecule has 1 aromatic carbocycles. The van der Waals surface area contributed by atoms with E-state index in [1.54, 1.807) is 38.1 Å². The quantitative estimate of drug-likeness (QED) is 0.824. The number of nitrogens with one attached hydrogen (secondary N) is 1. The topological polar surface area (TPSA) is 84.3 Å². The fraction of sp³-hybridized carbons (Fsp3) is 0.389. The third-order valence-corrected chi connectivity index (χ3v) is 3.77. The first-order valence-corrected chi connectivity index (χ1v) is 8.03. The van der Waals surface area contributed by atoms with Crippen molar-refractivity contribution in [1.82, 2.24) is 9.97 Å². The van der Waals surface area contributed by atoms with E-state index in [1.807, 2.05) is 0 Å². The minimum absolute atomic E-state index is 0.00506. The summed E-state index contributed by atoms with van der Waals surface area (Å²) >= 11 is 0. The second-order valence-electron chi connectivity index (χ2n) is 6.92. The smallest absolute Gasteiger partial charge is 0.427 e. The van der Waals surface area contributed by atoms with Crippen molar-refractivity contribution in [1.29, 1.82) is 0 Å². The highest BCUT2D eigenvalue weighted by atomic mass is 19.4. The van der Waals surface area contributed by atoms with Crippen LogP contribution in [-0.4, -0.2) is 32.9 Å². The van der Waals surface area contributed by atoms with Crippen LogP contribution in [0.25, 0.3) is 11.4 Å². The van der Waals surface area contributed by atoms with E-state index in [1.165, 1.54) is 12.3 Å². The van der Waals surface area contributed by atoms with E-state index in [0.29, 0.717) is 11.1 Å². The lowest BCUT2D eigenvalue weighted by atomic mass is 9.97. The number of benzene rings is 1. The number of aromatic nitrogens is 2. The minimum Gasteiger partial charge on any atom is -0.434 e. The zero-order valence-electron chi connectivity index (χ0n) is 15.3. The van der Waals surface area contributed by atoms with Crippen LogP contribution < -0.4 is 5.32 Å². The molecule has 1 heterocycles. The number of anilines is 1. The largest absolute Gasteiger partial charge is 0.434 e. The number of hydrogen-bond donors (Lipinski definition) is 2. The Hall–Kier alpha value is -2.68. The van der Waals surface area contributed by atoms with Crippen molar-refractivity contribution in [2.75, 3.05) is 5.32 Å². The molecule has 2 aromatic rings. The molecule has 1 amide bonds. The average Bonchev–Trinajstić information content (AvgIpc) is 2.52. The summed E-state index contributed by atoms with van der Waals surface area (Å²) in [5, 5.41) is 12.1. The van der Waals surface area contributed by atoms with Crippen LogP contribution in [0, 0.1) is 0 Å². The van der Waals surface area contributed by atoms with Crippen molar-refractivity contribution in [2.24, 2.45) is 0 Å².